The van der Waals surface area contributed by atoms with Crippen molar-refractivity contribution in [2.24, 2.45) is 5.73 Å². The topological polar surface area (TPSA) is 68.0 Å². The van der Waals surface area contributed by atoms with Gasteiger partial charge in [0.15, 0.2) is 0 Å². The predicted molar refractivity (Wildman–Crippen MR) is 74.2 cm³/mol. The Morgan fingerprint density at radius 3 is 2.58 bits per heavy atom. The van der Waals surface area contributed by atoms with E-state index in [-0.39, 0.29) is 5.91 Å². The molecule has 0 aliphatic carbocycles. The maximum Gasteiger partial charge on any atom is 0.237 e. The van der Waals surface area contributed by atoms with Crippen LogP contribution in [-0.4, -0.2) is 16.9 Å². The van der Waals surface area contributed by atoms with Gasteiger partial charge in [-0.2, -0.15) is 0 Å². The van der Waals surface area contributed by atoms with Crippen molar-refractivity contribution in [3.63, 3.8) is 0 Å². The van der Waals surface area contributed by atoms with Gasteiger partial charge in [0.2, 0.25) is 5.91 Å². The molecule has 2 rings (SSSR count). The van der Waals surface area contributed by atoms with Crippen LogP contribution in [-0.2, 0) is 17.8 Å². The van der Waals surface area contributed by atoms with Gasteiger partial charge in [-0.3, -0.25) is 9.78 Å². The quantitative estimate of drug-likeness (QED) is 0.845. The van der Waals surface area contributed by atoms with Gasteiger partial charge in [-0.05, 0) is 23.6 Å². The summed E-state index contributed by atoms with van der Waals surface area (Å²) >= 11 is 0. The highest BCUT2D eigenvalue weighted by atomic mass is 16.2. The monoisotopic (exact) mass is 255 g/mol. The van der Waals surface area contributed by atoms with Crippen LogP contribution in [0.15, 0.2) is 54.9 Å². The normalized spacial score (nSPS) is 11.8. The Bertz CT molecular complexity index is 513. The van der Waals surface area contributed by atoms with E-state index in [0.717, 1.165) is 11.1 Å². The number of hydrogen-bond donors (Lipinski definition) is 2. The lowest BCUT2D eigenvalue weighted by atomic mass is 10.1. The number of amides is 1. The molecule has 98 valence electrons. The van der Waals surface area contributed by atoms with E-state index in [1.54, 1.807) is 12.4 Å². The summed E-state index contributed by atoms with van der Waals surface area (Å²) in [6, 6.07) is 13.0. The van der Waals surface area contributed by atoms with Crippen LogP contribution in [0.4, 0.5) is 0 Å². The first kappa shape index (κ1) is 13.2. The van der Waals surface area contributed by atoms with Crippen molar-refractivity contribution in [2.75, 3.05) is 0 Å². The molecule has 0 aliphatic rings. The molecular weight excluding hydrogens is 238 g/mol. The van der Waals surface area contributed by atoms with Crippen LogP contribution in [0, 0.1) is 0 Å². The Morgan fingerprint density at radius 1 is 1.16 bits per heavy atom. The number of rotatable bonds is 5. The van der Waals surface area contributed by atoms with Crippen molar-refractivity contribution in [3.8, 4) is 0 Å². The number of benzene rings is 1. The molecule has 1 atom stereocenters. The SMILES string of the molecule is NC(Cc1ccccc1)C(=O)NCc1cccnc1. The molecule has 0 fully saturated rings. The van der Waals surface area contributed by atoms with Crippen molar-refractivity contribution in [3.05, 3.63) is 66.0 Å². The first-order valence-electron chi connectivity index (χ1n) is 6.22. The summed E-state index contributed by atoms with van der Waals surface area (Å²) < 4.78 is 0. The van der Waals surface area contributed by atoms with E-state index in [2.05, 4.69) is 10.3 Å². The van der Waals surface area contributed by atoms with Gasteiger partial charge >= 0.3 is 0 Å². The largest absolute Gasteiger partial charge is 0.351 e. The molecule has 0 radical (unpaired) electrons. The third kappa shape index (κ3) is 4.19. The van der Waals surface area contributed by atoms with Gasteiger partial charge in [-0.1, -0.05) is 36.4 Å². The highest BCUT2D eigenvalue weighted by Gasteiger charge is 2.13. The highest BCUT2D eigenvalue weighted by Crippen LogP contribution is 2.02. The van der Waals surface area contributed by atoms with E-state index < -0.39 is 6.04 Å². The van der Waals surface area contributed by atoms with Gasteiger partial charge in [-0.25, -0.2) is 0 Å². The van der Waals surface area contributed by atoms with Crippen LogP contribution < -0.4 is 11.1 Å². The number of hydrogen-bond acceptors (Lipinski definition) is 3. The maximum absolute atomic E-state index is 11.9. The van der Waals surface area contributed by atoms with E-state index in [0.29, 0.717) is 13.0 Å². The molecule has 0 saturated carbocycles. The second-order valence-electron chi connectivity index (χ2n) is 4.38. The molecule has 0 spiro atoms. The number of nitrogens with zero attached hydrogens (tertiary/aromatic N) is 1. The Morgan fingerprint density at radius 2 is 1.89 bits per heavy atom. The Hall–Kier alpha value is -2.20. The van der Waals surface area contributed by atoms with Gasteiger partial charge in [0, 0.05) is 18.9 Å². The third-order valence-corrected chi connectivity index (χ3v) is 2.82. The number of nitrogens with one attached hydrogen (secondary N) is 1. The summed E-state index contributed by atoms with van der Waals surface area (Å²) in [5.74, 6) is -0.146. The number of aromatic nitrogens is 1. The second kappa shape index (κ2) is 6.66. The lowest BCUT2D eigenvalue weighted by molar-refractivity contribution is -0.122. The molecule has 1 amide bonds. The van der Waals surface area contributed by atoms with E-state index in [4.69, 9.17) is 5.73 Å². The third-order valence-electron chi connectivity index (χ3n) is 2.82. The van der Waals surface area contributed by atoms with Crippen molar-refractivity contribution in [1.29, 1.82) is 0 Å². The summed E-state index contributed by atoms with van der Waals surface area (Å²) in [6.07, 6.45) is 3.97. The molecule has 1 heterocycles. The lowest BCUT2D eigenvalue weighted by Crippen LogP contribution is -2.41. The maximum atomic E-state index is 11.9. The van der Waals surface area contributed by atoms with Crippen molar-refractivity contribution >= 4 is 5.91 Å². The fraction of sp³-hybridized carbons (Fsp3) is 0.200. The molecule has 4 heteroatoms. The first-order chi connectivity index (χ1) is 9.25. The van der Waals surface area contributed by atoms with Gasteiger partial charge in [0.25, 0.3) is 0 Å². The molecule has 3 N–H and O–H groups in total. The van der Waals surface area contributed by atoms with Gasteiger partial charge in [0.05, 0.1) is 6.04 Å². The van der Waals surface area contributed by atoms with Crippen LogP contribution in [0.1, 0.15) is 11.1 Å². The molecule has 1 aromatic carbocycles. The highest BCUT2D eigenvalue weighted by molar-refractivity contribution is 5.81. The second-order valence-corrected chi connectivity index (χ2v) is 4.38. The van der Waals surface area contributed by atoms with Gasteiger partial charge in [0.1, 0.15) is 0 Å². The average Bonchev–Trinajstić information content (AvgIpc) is 2.47. The zero-order valence-electron chi connectivity index (χ0n) is 10.6. The number of carbonyl (C=O) groups is 1. The van der Waals surface area contributed by atoms with E-state index in [1.165, 1.54) is 0 Å². The number of pyridine rings is 1. The minimum atomic E-state index is -0.529. The smallest absolute Gasteiger partial charge is 0.237 e. The number of carbonyl (C=O) groups excluding carboxylic acids is 1. The van der Waals surface area contributed by atoms with E-state index in [1.807, 2.05) is 42.5 Å². The molecule has 2 aromatic rings. The summed E-state index contributed by atoms with van der Waals surface area (Å²) in [4.78, 5) is 15.9. The molecular formula is C15H17N3O. The van der Waals surface area contributed by atoms with Crippen LogP contribution in [0.25, 0.3) is 0 Å². The summed E-state index contributed by atoms with van der Waals surface area (Å²) in [5.41, 5.74) is 7.91. The molecule has 1 aromatic heterocycles. The fourth-order valence-electron chi connectivity index (χ4n) is 1.78. The zero-order valence-corrected chi connectivity index (χ0v) is 10.6. The Kier molecular flexibility index (Phi) is 4.64. The van der Waals surface area contributed by atoms with Crippen LogP contribution >= 0.6 is 0 Å². The minimum absolute atomic E-state index is 0.146. The minimum Gasteiger partial charge on any atom is -0.351 e. The molecule has 1 unspecified atom stereocenters. The Labute approximate surface area is 112 Å². The Balaban J connectivity index is 1.83. The average molecular weight is 255 g/mol. The van der Waals surface area contributed by atoms with Crippen LogP contribution in [0.3, 0.4) is 0 Å². The van der Waals surface area contributed by atoms with Crippen molar-refractivity contribution < 1.29 is 4.79 Å². The van der Waals surface area contributed by atoms with E-state index >= 15 is 0 Å². The predicted octanol–water partition coefficient (Wildman–Crippen LogP) is 1.27. The van der Waals surface area contributed by atoms with E-state index in [9.17, 15) is 4.79 Å². The number of nitrogens with two attached hydrogens (primary N) is 1. The molecule has 0 bridgehead atoms. The lowest BCUT2D eigenvalue weighted by Gasteiger charge is -2.12. The molecule has 19 heavy (non-hydrogen) atoms. The summed E-state index contributed by atoms with van der Waals surface area (Å²) in [7, 11) is 0. The van der Waals surface area contributed by atoms with Crippen molar-refractivity contribution in [2.45, 2.75) is 19.0 Å². The molecule has 4 nitrogen and oxygen atoms in total. The molecule has 0 saturated heterocycles. The van der Waals surface area contributed by atoms with Gasteiger partial charge < -0.3 is 11.1 Å². The zero-order chi connectivity index (χ0) is 13.5. The standard InChI is InChI=1S/C15H17N3O/c16-14(9-12-5-2-1-3-6-12)15(19)18-11-13-7-4-8-17-10-13/h1-8,10,14H,9,11,16H2,(H,18,19). The fourth-order valence-corrected chi connectivity index (χ4v) is 1.78. The van der Waals surface area contributed by atoms with Gasteiger partial charge in [-0.15, -0.1) is 0 Å². The van der Waals surface area contributed by atoms with Crippen LogP contribution in [0.5, 0.6) is 0 Å². The molecule has 0 aliphatic heterocycles. The first-order valence-corrected chi connectivity index (χ1v) is 6.22. The van der Waals surface area contributed by atoms with Crippen molar-refractivity contribution in [1.82, 2.24) is 10.3 Å². The summed E-state index contributed by atoms with van der Waals surface area (Å²) in [6.45, 7) is 0.454. The van der Waals surface area contributed by atoms with Crippen LogP contribution in [0.2, 0.25) is 0 Å². The summed E-state index contributed by atoms with van der Waals surface area (Å²) in [5, 5.41) is 2.82.